The molecule has 6 heteroatoms. The number of rotatable bonds is 3. The van der Waals surface area contributed by atoms with E-state index >= 15 is 0 Å². The Bertz CT molecular complexity index is 537. The largest absolute Gasteiger partial charge is 0.384 e. The molecule has 126 valence electrons. The zero-order valence-electron chi connectivity index (χ0n) is 13.5. The van der Waals surface area contributed by atoms with E-state index in [9.17, 15) is 4.79 Å². The first-order chi connectivity index (χ1) is 11.1. The Morgan fingerprint density at radius 3 is 2.57 bits per heavy atom. The monoisotopic (exact) mass is 428 g/mol. The van der Waals surface area contributed by atoms with Crippen LogP contribution in [0.1, 0.15) is 31.2 Å². The summed E-state index contributed by atoms with van der Waals surface area (Å²) in [5.74, 6) is 1.19. The predicted molar refractivity (Wildman–Crippen MR) is 100 cm³/mol. The first kappa shape index (κ1) is 17.0. The molecule has 0 atom stereocenters. The number of nitrogen functional groups attached to an aromatic ring is 1. The van der Waals surface area contributed by atoms with Gasteiger partial charge in [-0.3, -0.25) is 9.69 Å². The lowest BCUT2D eigenvalue weighted by Gasteiger charge is -2.36. The van der Waals surface area contributed by atoms with Gasteiger partial charge in [0.05, 0.1) is 0 Å². The fourth-order valence-electron chi connectivity index (χ4n) is 3.52. The van der Waals surface area contributed by atoms with Crippen molar-refractivity contribution in [3.8, 4) is 0 Å². The minimum absolute atomic E-state index is 0.222. The Kier molecular flexibility index (Phi) is 5.74. The normalized spacial score (nSPS) is 21.5. The van der Waals surface area contributed by atoms with Crippen molar-refractivity contribution in [2.24, 2.45) is 5.92 Å². The van der Waals surface area contributed by atoms with Crippen LogP contribution < -0.4 is 5.73 Å². The summed E-state index contributed by atoms with van der Waals surface area (Å²) < 4.78 is 0.742. The van der Waals surface area contributed by atoms with Gasteiger partial charge in [0.2, 0.25) is 5.91 Å². The van der Waals surface area contributed by atoms with Crippen LogP contribution in [0.25, 0.3) is 0 Å². The average Bonchev–Trinajstić information content (AvgIpc) is 2.56. The fraction of sp³-hybridized carbons (Fsp3) is 0.647. The number of amides is 1. The molecule has 0 unspecified atom stereocenters. The second-order valence-corrected chi connectivity index (χ2v) is 8.40. The van der Waals surface area contributed by atoms with E-state index in [4.69, 9.17) is 5.73 Å². The number of alkyl halides is 1. The summed E-state index contributed by atoms with van der Waals surface area (Å²) in [6, 6.07) is 3.95. The van der Waals surface area contributed by atoms with Crippen LogP contribution in [-0.4, -0.2) is 50.8 Å². The topological polar surface area (TPSA) is 62.5 Å². The number of carbonyl (C=O) groups is 1. The van der Waals surface area contributed by atoms with Crippen molar-refractivity contribution in [3.05, 3.63) is 23.9 Å². The maximum Gasteiger partial charge on any atom is 0.225 e. The van der Waals surface area contributed by atoms with Crippen LogP contribution in [0, 0.1) is 5.92 Å². The highest BCUT2D eigenvalue weighted by Crippen LogP contribution is 2.24. The number of carbonyl (C=O) groups excluding carboxylic acids is 1. The molecular weight excluding hydrogens is 403 g/mol. The van der Waals surface area contributed by atoms with Crippen molar-refractivity contribution in [3.63, 3.8) is 0 Å². The summed E-state index contributed by atoms with van der Waals surface area (Å²) >= 11 is 2.50. The molecule has 3 rings (SSSR count). The van der Waals surface area contributed by atoms with Crippen molar-refractivity contribution in [1.29, 1.82) is 0 Å². The van der Waals surface area contributed by atoms with Gasteiger partial charge in [-0.2, -0.15) is 0 Å². The summed E-state index contributed by atoms with van der Waals surface area (Å²) in [6.45, 7) is 4.77. The van der Waals surface area contributed by atoms with Gasteiger partial charge < -0.3 is 10.6 Å². The van der Waals surface area contributed by atoms with Gasteiger partial charge in [0.25, 0.3) is 0 Å². The molecule has 1 aromatic rings. The molecular formula is C17H25IN4O. The zero-order chi connectivity index (χ0) is 16.2. The van der Waals surface area contributed by atoms with Crippen molar-refractivity contribution >= 4 is 34.3 Å². The van der Waals surface area contributed by atoms with E-state index in [1.807, 2.05) is 12.1 Å². The second-order valence-electron chi connectivity index (χ2n) is 6.64. The third-order valence-electron chi connectivity index (χ3n) is 4.92. The van der Waals surface area contributed by atoms with Crippen LogP contribution in [-0.2, 0) is 11.3 Å². The molecule has 2 aliphatic rings. The van der Waals surface area contributed by atoms with Crippen molar-refractivity contribution in [2.45, 2.75) is 36.2 Å². The van der Waals surface area contributed by atoms with Crippen LogP contribution >= 0.6 is 22.6 Å². The van der Waals surface area contributed by atoms with Gasteiger partial charge in [0, 0.05) is 35.7 Å². The fourth-order valence-corrected chi connectivity index (χ4v) is 4.07. The molecule has 1 aromatic heterocycles. The summed E-state index contributed by atoms with van der Waals surface area (Å²) in [5, 5.41) is 0. The van der Waals surface area contributed by atoms with Gasteiger partial charge in [-0.1, -0.05) is 22.6 Å². The summed E-state index contributed by atoms with van der Waals surface area (Å²) in [6.07, 6.45) is 6.01. The minimum atomic E-state index is 0.222. The van der Waals surface area contributed by atoms with Gasteiger partial charge in [-0.15, -0.1) is 0 Å². The highest BCUT2D eigenvalue weighted by Gasteiger charge is 2.30. The van der Waals surface area contributed by atoms with E-state index in [0.29, 0.717) is 11.7 Å². The Morgan fingerprint density at radius 1 is 1.22 bits per heavy atom. The van der Waals surface area contributed by atoms with Crippen molar-refractivity contribution < 1.29 is 4.79 Å². The number of hydrogen-bond acceptors (Lipinski definition) is 4. The van der Waals surface area contributed by atoms with Crippen molar-refractivity contribution in [1.82, 2.24) is 14.8 Å². The Balaban J connectivity index is 1.47. The maximum absolute atomic E-state index is 12.6. The van der Waals surface area contributed by atoms with Gasteiger partial charge in [-0.05, 0) is 56.5 Å². The molecule has 0 saturated carbocycles. The Hall–Kier alpha value is -0.890. The number of halogens is 1. The van der Waals surface area contributed by atoms with E-state index in [1.54, 1.807) is 6.20 Å². The average molecular weight is 428 g/mol. The number of pyridine rings is 1. The molecule has 2 N–H and O–H groups in total. The van der Waals surface area contributed by atoms with Crippen LogP contribution in [0.4, 0.5) is 5.82 Å². The number of likely N-dealkylation sites (tertiary alicyclic amines) is 2. The smallest absolute Gasteiger partial charge is 0.225 e. The molecule has 0 aliphatic carbocycles. The molecule has 0 spiro atoms. The first-order valence-electron chi connectivity index (χ1n) is 8.47. The summed E-state index contributed by atoms with van der Waals surface area (Å²) in [7, 11) is 0. The lowest BCUT2D eigenvalue weighted by atomic mass is 9.94. The molecule has 1 amide bonds. The highest BCUT2D eigenvalue weighted by molar-refractivity contribution is 14.1. The third kappa shape index (κ3) is 4.56. The van der Waals surface area contributed by atoms with Gasteiger partial charge in [0.1, 0.15) is 5.82 Å². The first-order valence-corrected chi connectivity index (χ1v) is 9.72. The number of anilines is 1. The molecule has 2 aliphatic heterocycles. The molecule has 0 radical (unpaired) electrons. The van der Waals surface area contributed by atoms with Gasteiger partial charge in [0.15, 0.2) is 0 Å². The van der Waals surface area contributed by atoms with Gasteiger partial charge in [-0.25, -0.2) is 4.98 Å². The molecule has 0 bridgehead atoms. The maximum atomic E-state index is 12.6. The van der Waals surface area contributed by atoms with E-state index < -0.39 is 0 Å². The number of nitrogens with two attached hydrogens (primary N) is 1. The number of nitrogens with zero attached hydrogens (tertiary/aromatic N) is 3. The standard InChI is InChI=1S/C17H25IN4O/c18-15-4-9-22(10-5-15)17(23)14-2-7-21(8-3-14)12-13-1-6-20-16(19)11-13/h1,6,11,14-15H,2-5,7-10,12H2,(H2,19,20). The van der Waals surface area contributed by atoms with Gasteiger partial charge >= 0.3 is 0 Å². The van der Waals surface area contributed by atoms with Crippen LogP contribution in [0.5, 0.6) is 0 Å². The molecule has 5 nitrogen and oxygen atoms in total. The summed E-state index contributed by atoms with van der Waals surface area (Å²) in [4.78, 5) is 21.2. The van der Waals surface area contributed by atoms with Crippen molar-refractivity contribution in [2.75, 3.05) is 31.9 Å². The summed E-state index contributed by atoms with van der Waals surface area (Å²) in [5.41, 5.74) is 6.94. The number of aromatic nitrogens is 1. The number of hydrogen-bond donors (Lipinski definition) is 1. The zero-order valence-corrected chi connectivity index (χ0v) is 15.6. The van der Waals surface area contributed by atoms with Crippen LogP contribution in [0.15, 0.2) is 18.3 Å². The quantitative estimate of drug-likeness (QED) is 0.593. The molecule has 0 aromatic carbocycles. The highest BCUT2D eigenvalue weighted by atomic mass is 127. The SMILES string of the molecule is Nc1cc(CN2CCC(C(=O)N3CCC(I)CC3)CC2)ccn1. The lowest BCUT2D eigenvalue weighted by Crippen LogP contribution is -2.45. The van der Waals surface area contributed by atoms with E-state index in [-0.39, 0.29) is 5.92 Å². The third-order valence-corrected chi connectivity index (χ3v) is 6.17. The Morgan fingerprint density at radius 2 is 1.91 bits per heavy atom. The van der Waals surface area contributed by atoms with Crippen LogP contribution in [0.3, 0.4) is 0 Å². The van der Waals surface area contributed by atoms with Crippen LogP contribution in [0.2, 0.25) is 0 Å². The second kappa shape index (κ2) is 7.79. The Labute approximate surface area is 151 Å². The lowest BCUT2D eigenvalue weighted by molar-refractivity contribution is -0.137. The van der Waals surface area contributed by atoms with E-state index in [1.165, 1.54) is 5.56 Å². The molecule has 23 heavy (non-hydrogen) atoms. The van der Waals surface area contributed by atoms with E-state index in [0.717, 1.165) is 62.3 Å². The minimum Gasteiger partial charge on any atom is -0.384 e. The van der Waals surface area contributed by atoms with E-state index in [2.05, 4.69) is 37.4 Å². The molecule has 2 saturated heterocycles. The number of piperidine rings is 2. The predicted octanol–water partition coefficient (Wildman–Crippen LogP) is 2.30. The molecule has 3 heterocycles. The molecule has 2 fully saturated rings.